The van der Waals surface area contributed by atoms with E-state index in [2.05, 4.69) is 5.32 Å². The van der Waals surface area contributed by atoms with Crippen LogP contribution >= 0.6 is 0 Å². The number of rotatable bonds is 11. The van der Waals surface area contributed by atoms with E-state index in [4.69, 9.17) is 9.47 Å². The Morgan fingerprint density at radius 2 is 1.69 bits per heavy atom. The van der Waals surface area contributed by atoms with Gasteiger partial charge in [0.2, 0.25) is 11.8 Å². The van der Waals surface area contributed by atoms with E-state index >= 15 is 0 Å². The first-order valence-corrected chi connectivity index (χ1v) is 11.1. The Labute approximate surface area is 191 Å². The maximum atomic E-state index is 13.3. The Morgan fingerprint density at radius 1 is 0.969 bits per heavy atom. The van der Waals surface area contributed by atoms with Crippen molar-refractivity contribution in [1.29, 1.82) is 0 Å². The molecule has 0 spiro atoms. The number of carbonyl (C=O) groups is 2. The first kappa shape index (κ1) is 25.2. The maximum Gasteiger partial charge on any atom is 0.242 e. The first-order chi connectivity index (χ1) is 15.2. The molecule has 0 fully saturated rings. The van der Waals surface area contributed by atoms with Crippen molar-refractivity contribution in [1.82, 2.24) is 10.2 Å². The summed E-state index contributed by atoms with van der Waals surface area (Å²) in [6.45, 7) is 8.88. The molecule has 1 N–H and O–H groups in total. The fourth-order valence-corrected chi connectivity index (χ4v) is 3.47. The fraction of sp³-hybridized carbons (Fsp3) is 0.462. The molecule has 174 valence electrons. The van der Waals surface area contributed by atoms with E-state index in [1.807, 2.05) is 63.2 Å². The molecule has 6 nitrogen and oxygen atoms in total. The number of methoxy groups -OCH3 is 2. The average Bonchev–Trinajstić information content (AvgIpc) is 2.78. The highest BCUT2D eigenvalue weighted by Crippen LogP contribution is 2.28. The van der Waals surface area contributed by atoms with Crippen molar-refractivity contribution in [3.63, 3.8) is 0 Å². The zero-order valence-electron chi connectivity index (χ0n) is 20.1. The molecule has 1 atom stereocenters. The molecule has 32 heavy (non-hydrogen) atoms. The van der Waals surface area contributed by atoms with Gasteiger partial charge in [-0.3, -0.25) is 9.59 Å². The highest BCUT2D eigenvalue weighted by atomic mass is 16.5. The number of nitrogens with one attached hydrogen (secondary N) is 1. The van der Waals surface area contributed by atoms with Gasteiger partial charge in [0, 0.05) is 19.5 Å². The van der Waals surface area contributed by atoms with Crippen LogP contribution in [-0.4, -0.2) is 43.5 Å². The molecule has 0 saturated carbocycles. The molecule has 0 aliphatic rings. The van der Waals surface area contributed by atoms with Gasteiger partial charge >= 0.3 is 0 Å². The van der Waals surface area contributed by atoms with Crippen LogP contribution in [-0.2, 0) is 22.6 Å². The number of benzene rings is 2. The Bertz CT molecular complexity index is 910. The van der Waals surface area contributed by atoms with Crippen molar-refractivity contribution < 1.29 is 19.1 Å². The molecule has 0 radical (unpaired) electrons. The number of nitrogens with zero attached hydrogens (tertiary/aromatic N) is 1. The lowest BCUT2D eigenvalue weighted by Gasteiger charge is -2.29. The summed E-state index contributed by atoms with van der Waals surface area (Å²) >= 11 is 0. The zero-order valence-corrected chi connectivity index (χ0v) is 20.1. The van der Waals surface area contributed by atoms with E-state index in [0.29, 0.717) is 43.3 Å². The van der Waals surface area contributed by atoms with Crippen LogP contribution in [0.1, 0.15) is 43.9 Å². The Hall–Kier alpha value is -3.02. The SMILES string of the molecule is COc1ccc(CCC(=O)N(Cc2cccc(C)c2)[C@@H](C)C(=O)NCC(C)C)cc1OC. The van der Waals surface area contributed by atoms with Gasteiger partial charge in [-0.1, -0.05) is 49.7 Å². The molecule has 2 amide bonds. The second-order valence-electron chi connectivity index (χ2n) is 8.52. The molecule has 2 aromatic carbocycles. The molecule has 0 aliphatic carbocycles. The topological polar surface area (TPSA) is 67.9 Å². The Kier molecular flexibility index (Phi) is 9.57. The number of aryl methyl sites for hydroxylation is 2. The van der Waals surface area contributed by atoms with E-state index in [1.54, 1.807) is 26.0 Å². The number of carbonyl (C=O) groups excluding carboxylic acids is 2. The van der Waals surface area contributed by atoms with E-state index in [9.17, 15) is 9.59 Å². The largest absolute Gasteiger partial charge is 0.493 e. The first-order valence-electron chi connectivity index (χ1n) is 11.1. The molecule has 6 heteroatoms. The van der Waals surface area contributed by atoms with Crippen molar-refractivity contribution in [3.05, 3.63) is 59.2 Å². The maximum absolute atomic E-state index is 13.3. The standard InChI is InChI=1S/C26H36N2O4/c1-18(2)16-27-26(30)20(4)28(17-22-9-7-8-19(3)14-22)25(29)13-11-21-10-12-23(31-5)24(15-21)32-6/h7-10,12,14-15,18,20H,11,13,16-17H2,1-6H3,(H,27,30)/t20-/m0/s1. The highest BCUT2D eigenvalue weighted by Gasteiger charge is 2.26. The molecule has 0 bridgehead atoms. The van der Waals surface area contributed by atoms with Crippen LogP contribution in [0.15, 0.2) is 42.5 Å². The van der Waals surface area contributed by atoms with Gasteiger partial charge in [-0.15, -0.1) is 0 Å². The highest BCUT2D eigenvalue weighted by molar-refractivity contribution is 5.87. The number of hydrogen-bond donors (Lipinski definition) is 1. The summed E-state index contributed by atoms with van der Waals surface area (Å²) in [4.78, 5) is 27.7. The third-order valence-corrected chi connectivity index (χ3v) is 5.36. The van der Waals surface area contributed by atoms with E-state index in [1.165, 1.54) is 0 Å². The van der Waals surface area contributed by atoms with Crippen LogP contribution in [0, 0.1) is 12.8 Å². The summed E-state index contributed by atoms with van der Waals surface area (Å²) in [5, 5.41) is 2.95. The Morgan fingerprint density at radius 3 is 2.31 bits per heavy atom. The lowest BCUT2D eigenvalue weighted by atomic mass is 10.1. The molecule has 0 aromatic heterocycles. The van der Waals surface area contributed by atoms with E-state index in [-0.39, 0.29) is 11.8 Å². The smallest absolute Gasteiger partial charge is 0.242 e. The van der Waals surface area contributed by atoms with Crippen molar-refractivity contribution in [2.45, 2.75) is 53.1 Å². The summed E-state index contributed by atoms with van der Waals surface area (Å²) < 4.78 is 10.6. The van der Waals surface area contributed by atoms with Crippen LogP contribution in [0.4, 0.5) is 0 Å². The van der Waals surface area contributed by atoms with Crippen LogP contribution < -0.4 is 14.8 Å². The van der Waals surface area contributed by atoms with Gasteiger partial charge in [-0.25, -0.2) is 0 Å². The quantitative estimate of drug-likeness (QED) is 0.570. The van der Waals surface area contributed by atoms with Crippen LogP contribution in [0.5, 0.6) is 11.5 Å². The van der Waals surface area contributed by atoms with Gasteiger partial charge in [0.1, 0.15) is 6.04 Å². The summed E-state index contributed by atoms with van der Waals surface area (Å²) in [6, 6.07) is 13.1. The van der Waals surface area contributed by atoms with Crippen LogP contribution in [0.2, 0.25) is 0 Å². The van der Waals surface area contributed by atoms with Crippen molar-refractivity contribution >= 4 is 11.8 Å². The van der Waals surface area contributed by atoms with Gasteiger partial charge in [0.15, 0.2) is 11.5 Å². The van der Waals surface area contributed by atoms with Gasteiger partial charge < -0.3 is 19.7 Å². The molecule has 2 rings (SSSR count). The predicted molar refractivity (Wildman–Crippen MR) is 127 cm³/mol. The summed E-state index contributed by atoms with van der Waals surface area (Å²) in [6.07, 6.45) is 0.840. The molecular formula is C26H36N2O4. The molecule has 0 saturated heterocycles. The lowest BCUT2D eigenvalue weighted by molar-refractivity contribution is -0.140. The summed E-state index contributed by atoms with van der Waals surface area (Å²) in [5.74, 6) is 1.44. The van der Waals surface area contributed by atoms with Crippen LogP contribution in [0.25, 0.3) is 0 Å². The van der Waals surface area contributed by atoms with Gasteiger partial charge in [-0.2, -0.15) is 0 Å². The minimum Gasteiger partial charge on any atom is -0.493 e. The van der Waals surface area contributed by atoms with Gasteiger partial charge in [-0.05, 0) is 49.4 Å². The second-order valence-corrected chi connectivity index (χ2v) is 8.52. The molecule has 0 unspecified atom stereocenters. The number of amides is 2. The zero-order chi connectivity index (χ0) is 23.7. The molecule has 2 aromatic rings. The molecular weight excluding hydrogens is 404 g/mol. The minimum atomic E-state index is -0.563. The van der Waals surface area contributed by atoms with Gasteiger partial charge in [0.05, 0.1) is 14.2 Å². The van der Waals surface area contributed by atoms with Crippen molar-refractivity contribution in [2.75, 3.05) is 20.8 Å². The molecule has 0 aliphatic heterocycles. The fourth-order valence-electron chi connectivity index (χ4n) is 3.47. The number of hydrogen-bond acceptors (Lipinski definition) is 4. The van der Waals surface area contributed by atoms with Gasteiger partial charge in [0.25, 0.3) is 0 Å². The lowest BCUT2D eigenvalue weighted by Crippen LogP contribution is -2.48. The monoisotopic (exact) mass is 440 g/mol. The third kappa shape index (κ3) is 7.29. The van der Waals surface area contributed by atoms with Crippen LogP contribution in [0.3, 0.4) is 0 Å². The summed E-state index contributed by atoms with van der Waals surface area (Å²) in [7, 11) is 3.18. The minimum absolute atomic E-state index is 0.0616. The van der Waals surface area contributed by atoms with E-state index < -0.39 is 6.04 Å². The molecule has 0 heterocycles. The van der Waals surface area contributed by atoms with Crippen molar-refractivity contribution in [2.24, 2.45) is 5.92 Å². The third-order valence-electron chi connectivity index (χ3n) is 5.36. The van der Waals surface area contributed by atoms with E-state index in [0.717, 1.165) is 16.7 Å². The second kappa shape index (κ2) is 12.1. The average molecular weight is 441 g/mol. The summed E-state index contributed by atoms with van der Waals surface area (Å²) in [5.41, 5.74) is 3.11. The normalized spacial score (nSPS) is 11.7. The Balaban J connectivity index is 2.16. The number of ether oxygens (including phenoxy) is 2. The van der Waals surface area contributed by atoms with Crippen molar-refractivity contribution in [3.8, 4) is 11.5 Å². The predicted octanol–water partition coefficient (Wildman–Crippen LogP) is 4.13.